The van der Waals surface area contributed by atoms with Crippen LogP contribution in [0.4, 0.5) is 10.8 Å². The van der Waals surface area contributed by atoms with Gasteiger partial charge in [0, 0.05) is 38.1 Å². The molecule has 3 aromatic rings. The van der Waals surface area contributed by atoms with Crippen LogP contribution in [-0.4, -0.2) is 58.3 Å². The maximum Gasteiger partial charge on any atom is 0.272 e. The van der Waals surface area contributed by atoms with Crippen LogP contribution in [0.3, 0.4) is 0 Å². The number of aryl methyl sites for hydroxylation is 1. The van der Waals surface area contributed by atoms with Gasteiger partial charge in [0.05, 0.1) is 0 Å². The van der Waals surface area contributed by atoms with E-state index >= 15 is 0 Å². The molecule has 1 saturated heterocycles. The van der Waals surface area contributed by atoms with E-state index in [1.165, 1.54) is 17.8 Å². The molecule has 30 heavy (non-hydrogen) atoms. The minimum Gasteiger partial charge on any atom is -0.344 e. The molecule has 4 rings (SSSR count). The normalized spacial score (nSPS) is 14.8. The van der Waals surface area contributed by atoms with Crippen LogP contribution in [0.2, 0.25) is 0 Å². The first kappa shape index (κ1) is 20.6. The van der Waals surface area contributed by atoms with E-state index in [2.05, 4.69) is 32.2 Å². The number of nitrogens with zero attached hydrogens (tertiary/aromatic N) is 5. The van der Waals surface area contributed by atoms with E-state index < -0.39 is 0 Å². The Morgan fingerprint density at radius 2 is 1.83 bits per heavy atom. The standard InChI is InChI=1S/C22H28N6OS/c1-4-10-26-12-14-27(15-13-26)21-24-25-22(30-21)28-11-6-9-19(28)20(29)23-18-8-5-7-16(2)17(18)3/h5-9,11H,4,10,12-15H2,1-3H3,(H,23,29). The number of nitrogens with one attached hydrogen (secondary N) is 1. The minimum atomic E-state index is -0.154. The van der Waals surface area contributed by atoms with Crippen molar-refractivity contribution in [2.75, 3.05) is 42.9 Å². The van der Waals surface area contributed by atoms with E-state index in [4.69, 9.17) is 0 Å². The van der Waals surface area contributed by atoms with Crippen LogP contribution < -0.4 is 10.2 Å². The van der Waals surface area contributed by atoms with Crippen molar-refractivity contribution in [2.24, 2.45) is 0 Å². The molecule has 1 N–H and O–H groups in total. The molecule has 1 aliphatic heterocycles. The highest BCUT2D eigenvalue weighted by Crippen LogP contribution is 2.26. The Balaban J connectivity index is 1.48. The predicted molar refractivity (Wildman–Crippen MR) is 122 cm³/mol. The lowest BCUT2D eigenvalue weighted by Crippen LogP contribution is -2.46. The second-order valence-electron chi connectivity index (χ2n) is 7.66. The molecule has 0 aliphatic carbocycles. The van der Waals surface area contributed by atoms with Crippen LogP contribution in [0.15, 0.2) is 36.5 Å². The first-order valence-corrected chi connectivity index (χ1v) is 11.2. The molecule has 0 bridgehead atoms. The second kappa shape index (κ2) is 8.97. The van der Waals surface area contributed by atoms with E-state index in [0.717, 1.165) is 54.7 Å². The molecule has 1 aliphatic rings. The molecule has 1 aromatic carbocycles. The van der Waals surface area contributed by atoms with Crippen LogP contribution in [0.5, 0.6) is 0 Å². The molecule has 0 unspecified atom stereocenters. The first-order valence-electron chi connectivity index (χ1n) is 10.4. The van der Waals surface area contributed by atoms with Gasteiger partial charge in [0.15, 0.2) is 0 Å². The molecule has 158 valence electrons. The third kappa shape index (κ3) is 4.24. The van der Waals surface area contributed by atoms with Gasteiger partial charge in [-0.1, -0.05) is 30.4 Å². The molecule has 8 heteroatoms. The predicted octanol–water partition coefficient (Wildman–Crippen LogP) is 3.73. The number of benzene rings is 1. The Morgan fingerprint density at radius 1 is 1.07 bits per heavy atom. The van der Waals surface area contributed by atoms with Crippen molar-refractivity contribution in [1.82, 2.24) is 19.7 Å². The summed E-state index contributed by atoms with van der Waals surface area (Å²) in [6.07, 6.45) is 3.05. The average molecular weight is 425 g/mol. The molecule has 0 saturated carbocycles. The number of hydrogen-bond acceptors (Lipinski definition) is 6. The number of aromatic nitrogens is 3. The second-order valence-corrected chi connectivity index (χ2v) is 8.60. The number of carbonyl (C=O) groups is 1. The lowest BCUT2D eigenvalue weighted by Gasteiger charge is -2.33. The summed E-state index contributed by atoms with van der Waals surface area (Å²) in [6, 6.07) is 9.59. The Hall–Kier alpha value is -2.71. The van der Waals surface area contributed by atoms with Gasteiger partial charge < -0.3 is 10.2 Å². The molecular formula is C22H28N6OS. The fraction of sp³-hybridized carbons (Fsp3) is 0.409. The Labute approximate surface area is 181 Å². The summed E-state index contributed by atoms with van der Waals surface area (Å²) in [5, 5.41) is 13.4. The lowest BCUT2D eigenvalue weighted by atomic mass is 10.1. The van der Waals surface area contributed by atoms with Gasteiger partial charge in [-0.25, -0.2) is 0 Å². The summed E-state index contributed by atoms with van der Waals surface area (Å²) in [7, 11) is 0. The average Bonchev–Trinajstić information content (AvgIpc) is 3.42. The highest BCUT2D eigenvalue weighted by atomic mass is 32.1. The van der Waals surface area contributed by atoms with Gasteiger partial charge >= 0.3 is 0 Å². The van der Waals surface area contributed by atoms with Gasteiger partial charge in [-0.2, -0.15) is 0 Å². The summed E-state index contributed by atoms with van der Waals surface area (Å²) in [5.41, 5.74) is 3.60. The van der Waals surface area contributed by atoms with Crippen LogP contribution >= 0.6 is 11.3 Å². The number of amides is 1. The molecule has 0 radical (unpaired) electrons. The third-order valence-electron chi connectivity index (χ3n) is 5.63. The fourth-order valence-electron chi connectivity index (χ4n) is 3.72. The summed E-state index contributed by atoms with van der Waals surface area (Å²) >= 11 is 1.52. The number of carbonyl (C=O) groups excluding carboxylic acids is 1. The van der Waals surface area contributed by atoms with E-state index in [9.17, 15) is 4.79 Å². The first-order chi connectivity index (χ1) is 14.6. The molecule has 1 amide bonds. The Kier molecular flexibility index (Phi) is 6.15. The van der Waals surface area contributed by atoms with Crippen molar-refractivity contribution in [1.29, 1.82) is 0 Å². The van der Waals surface area contributed by atoms with Crippen LogP contribution in [0.1, 0.15) is 35.0 Å². The largest absolute Gasteiger partial charge is 0.344 e. The van der Waals surface area contributed by atoms with E-state index in [-0.39, 0.29) is 5.91 Å². The van der Waals surface area contributed by atoms with Crippen molar-refractivity contribution >= 4 is 28.1 Å². The quantitative estimate of drug-likeness (QED) is 0.653. The molecule has 1 fully saturated rings. The summed E-state index contributed by atoms with van der Waals surface area (Å²) in [6.45, 7) is 11.4. The van der Waals surface area contributed by atoms with E-state index in [0.29, 0.717) is 10.8 Å². The lowest BCUT2D eigenvalue weighted by molar-refractivity contribution is 0.102. The van der Waals surface area contributed by atoms with Crippen molar-refractivity contribution in [3.8, 4) is 5.13 Å². The highest BCUT2D eigenvalue weighted by molar-refractivity contribution is 7.17. The minimum absolute atomic E-state index is 0.154. The zero-order valence-electron chi connectivity index (χ0n) is 17.8. The zero-order valence-corrected chi connectivity index (χ0v) is 18.6. The van der Waals surface area contributed by atoms with Crippen molar-refractivity contribution < 1.29 is 4.79 Å². The molecule has 7 nitrogen and oxygen atoms in total. The van der Waals surface area contributed by atoms with Gasteiger partial charge in [0.1, 0.15) is 5.69 Å². The fourth-order valence-corrected chi connectivity index (χ4v) is 4.61. The van der Waals surface area contributed by atoms with E-state index in [1.54, 1.807) is 0 Å². The number of rotatable bonds is 6. The van der Waals surface area contributed by atoms with Gasteiger partial charge in [0.25, 0.3) is 5.91 Å². The number of hydrogen-bond donors (Lipinski definition) is 1. The Morgan fingerprint density at radius 3 is 2.60 bits per heavy atom. The molecular weight excluding hydrogens is 396 g/mol. The molecule has 0 atom stereocenters. The van der Waals surface area contributed by atoms with Gasteiger partial charge in [0.2, 0.25) is 10.3 Å². The smallest absolute Gasteiger partial charge is 0.272 e. The SMILES string of the molecule is CCCN1CCN(c2nnc(-n3cccc3C(=O)Nc3cccc(C)c3C)s2)CC1. The van der Waals surface area contributed by atoms with Crippen LogP contribution in [0, 0.1) is 13.8 Å². The third-order valence-corrected chi connectivity index (χ3v) is 6.61. The monoisotopic (exact) mass is 424 g/mol. The maximum absolute atomic E-state index is 12.9. The number of piperazine rings is 1. The summed E-state index contributed by atoms with van der Waals surface area (Å²) in [5.74, 6) is -0.154. The van der Waals surface area contributed by atoms with Crippen LogP contribution in [-0.2, 0) is 0 Å². The molecule has 0 spiro atoms. The zero-order chi connectivity index (χ0) is 21.1. The molecule has 3 heterocycles. The molecule has 2 aromatic heterocycles. The topological polar surface area (TPSA) is 66.3 Å². The highest BCUT2D eigenvalue weighted by Gasteiger charge is 2.21. The summed E-state index contributed by atoms with van der Waals surface area (Å²) < 4.78 is 1.81. The van der Waals surface area contributed by atoms with Gasteiger partial charge in [-0.3, -0.25) is 14.3 Å². The number of anilines is 2. The van der Waals surface area contributed by atoms with Crippen molar-refractivity contribution in [2.45, 2.75) is 27.2 Å². The van der Waals surface area contributed by atoms with Gasteiger partial charge in [-0.15, -0.1) is 10.2 Å². The van der Waals surface area contributed by atoms with Crippen molar-refractivity contribution in [3.63, 3.8) is 0 Å². The van der Waals surface area contributed by atoms with E-state index in [1.807, 2.05) is 54.9 Å². The van der Waals surface area contributed by atoms with Crippen LogP contribution in [0.25, 0.3) is 5.13 Å². The van der Waals surface area contributed by atoms with Crippen molar-refractivity contribution in [3.05, 3.63) is 53.3 Å². The Bertz CT molecular complexity index is 1020. The van der Waals surface area contributed by atoms with Gasteiger partial charge in [-0.05, 0) is 56.1 Å². The summed E-state index contributed by atoms with van der Waals surface area (Å²) in [4.78, 5) is 17.7. The maximum atomic E-state index is 12.9.